The summed E-state index contributed by atoms with van der Waals surface area (Å²) < 4.78 is 24.3. The number of hydrogen-bond acceptors (Lipinski definition) is 4. The summed E-state index contributed by atoms with van der Waals surface area (Å²) in [6, 6.07) is 0.306. The van der Waals surface area contributed by atoms with Gasteiger partial charge in [0.15, 0.2) is 0 Å². The average molecular weight is 346 g/mol. The van der Waals surface area contributed by atoms with Crippen LogP contribution in [0.5, 0.6) is 0 Å². The zero-order chi connectivity index (χ0) is 16.9. The molecule has 1 saturated heterocycles. The SMILES string of the molecule is C[C@@H]1CCCC[C@@H]1NC(=O)CN1CCC[C@@H](CNS(N)(=O)=O)C1. The molecule has 1 heterocycles. The fraction of sp³-hybridized carbons (Fsp3) is 0.933. The van der Waals surface area contributed by atoms with Crippen LogP contribution in [0.4, 0.5) is 0 Å². The van der Waals surface area contributed by atoms with Gasteiger partial charge in [0.05, 0.1) is 6.54 Å². The molecule has 0 aromatic heterocycles. The Bertz CT molecular complexity index is 497. The number of amides is 1. The standard InChI is InChI=1S/C15H30N4O3S/c1-12-5-2-3-7-14(12)18-15(20)11-19-8-4-6-13(10-19)9-17-23(16,21)22/h12-14,17H,2-11H2,1H3,(H,18,20)(H2,16,21,22)/t12-,13+,14+/m1/s1. The molecule has 0 bridgehead atoms. The number of hydrogen-bond donors (Lipinski definition) is 3. The minimum absolute atomic E-state index is 0.0869. The van der Waals surface area contributed by atoms with Gasteiger partial charge in [-0.1, -0.05) is 19.8 Å². The number of piperidine rings is 1. The van der Waals surface area contributed by atoms with Gasteiger partial charge >= 0.3 is 0 Å². The first-order valence-electron chi connectivity index (χ1n) is 8.62. The quantitative estimate of drug-likeness (QED) is 0.638. The third-order valence-electron chi connectivity index (χ3n) is 5.00. The first-order chi connectivity index (χ1) is 10.8. The number of rotatable bonds is 6. The van der Waals surface area contributed by atoms with Crippen LogP contribution in [0.2, 0.25) is 0 Å². The molecule has 2 fully saturated rings. The Labute approximate surface area is 139 Å². The Morgan fingerprint density at radius 2 is 1.96 bits per heavy atom. The van der Waals surface area contributed by atoms with E-state index in [0.29, 0.717) is 25.0 Å². The van der Waals surface area contributed by atoms with E-state index in [1.54, 1.807) is 0 Å². The maximum Gasteiger partial charge on any atom is 0.274 e. The van der Waals surface area contributed by atoms with Gasteiger partial charge < -0.3 is 5.32 Å². The van der Waals surface area contributed by atoms with E-state index in [1.165, 1.54) is 19.3 Å². The third-order valence-corrected chi connectivity index (χ3v) is 5.57. The van der Waals surface area contributed by atoms with Crippen molar-refractivity contribution in [2.24, 2.45) is 17.0 Å². The molecular weight excluding hydrogens is 316 g/mol. The highest BCUT2D eigenvalue weighted by Crippen LogP contribution is 2.23. The molecule has 1 aliphatic carbocycles. The van der Waals surface area contributed by atoms with Crippen molar-refractivity contribution in [3.8, 4) is 0 Å². The van der Waals surface area contributed by atoms with Gasteiger partial charge in [0.25, 0.3) is 10.2 Å². The van der Waals surface area contributed by atoms with Gasteiger partial charge in [-0.2, -0.15) is 8.42 Å². The molecule has 8 heteroatoms. The number of nitrogens with two attached hydrogens (primary N) is 1. The monoisotopic (exact) mass is 346 g/mol. The second kappa shape index (κ2) is 8.41. The largest absolute Gasteiger partial charge is 0.352 e. The number of nitrogens with one attached hydrogen (secondary N) is 2. The van der Waals surface area contributed by atoms with Gasteiger partial charge in [-0.3, -0.25) is 9.69 Å². The highest BCUT2D eigenvalue weighted by Gasteiger charge is 2.25. The molecule has 0 aromatic carbocycles. The van der Waals surface area contributed by atoms with Crippen molar-refractivity contribution in [1.29, 1.82) is 0 Å². The van der Waals surface area contributed by atoms with E-state index in [-0.39, 0.29) is 11.8 Å². The summed E-state index contributed by atoms with van der Waals surface area (Å²) in [5.74, 6) is 0.855. The van der Waals surface area contributed by atoms with Gasteiger partial charge in [0.2, 0.25) is 5.91 Å². The summed E-state index contributed by atoms with van der Waals surface area (Å²) in [6.07, 6.45) is 6.66. The van der Waals surface area contributed by atoms with E-state index in [1.807, 2.05) is 0 Å². The van der Waals surface area contributed by atoms with Crippen LogP contribution in [0.3, 0.4) is 0 Å². The molecule has 23 heavy (non-hydrogen) atoms. The zero-order valence-corrected chi connectivity index (χ0v) is 14.8. The first kappa shape index (κ1) is 18.6. The number of likely N-dealkylation sites (tertiary alicyclic amines) is 1. The molecule has 7 nitrogen and oxygen atoms in total. The van der Waals surface area contributed by atoms with E-state index in [2.05, 4.69) is 21.9 Å². The Morgan fingerprint density at radius 3 is 2.65 bits per heavy atom. The van der Waals surface area contributed by atoms with Crippen LogP contribution in [0.15, 0.2) is 0 Å². The van der Waals surface area contributed by atoms with Gasteiger partial charge in [-0.05, 0) is 44.1 Å². The Kier molecular flexibility index (Phi) is 6.82. The molecule has 1 aliphatic heterocycles. The van der Waals surface area contributed by atoms with Crippen LogP contribution >= 0.6 is 0 Å². The van der Waals surface area contributed by atoms with E-state index in [9.17, 15) is 13.2 Å². The van der Waals surface area contributed by atoms with E-state index in [0.717, 1.165) is 32.4 Å². The zero-order valence-electron chi connectivity index (χ0n) is 14.0. The van der Waals surface area contributed by atoms with Gasteiger partial charge in [0.1, 0.15) is 0 Å². The molecule has 0 unspecified atom stereocenters. The predicted molar refractivity (Wildman–Crippen MR) is 89.8 cm³/mol. The van der Waals surface area contributed by atoms with Crippen molar-refractivity contribution in [2.45, 2.75) is 51.5 Å². The van der Waals surface area contributed by atoms with Crippen LogP contribution in [0, 0.1) is 11.8 Å². The predicted octanol–water partition coefficient (Wildman–Crippen LogP) is 0.186. The molecule has 134 valence electrons. The lowest BCUT2D eigenvalue weighted by Gasteiger charge is -2.34. The lowest BCUT2D eigenvalue weighted by molar-refractivity contribution is -0.123. The summed E-state index contributed by atoms with van der Waals surface area (Å²) >= 11 is 0. The Morgan fingerprint density at radius 1 is 1.22 bits per heavy atom. The molecule has 0 spiro atoms. The number of carbonyl (C=O) groups excluding carboxylic acids is 1. The van der Waals surface area contributed by atoms with Gasteiger partial charge in [0, 0.05) is 19.1 Å². The Hall–Kier alpha value is -0.700. The summed E-state index contributed by atoms with van der Waals surface area (Å²) in [5.41, 5.74) is 0. The number of carbonyl (C=O) groups is 1. The van der Waals surface area contributed by atoms with Crippen molar-refractivity contribution in [2.75, 3.05) is 26.2 Å². The smallest absolute Gasteiger partial charge is 0.274 e. The van der Waals surface area contributed by atoms with E-state index in [4.69, 9.17) is 5.14 Å². The summed E-state index contributed by atoms with van der Waals surface area (Å²) in [5, 5.41) is 8.14. The van der Waals surface area contributed by atoms with Crippen LogP contribution < -0.4 is 15.2 Å². The van der Waals surface area contributed by atoms with Crippen LogP contribution in [-0.4, -0.2) is 51.4 Å². The maximum atomic E-state index is 12.3. The molecule has 2 aliphatic rings. The topological polar surface area (TPSA) is 105 Å². The van der Waals surface area contributed by atoms with Crippen molar-refractivity contribution in [3.63, 3.8) is 0 Å². The molecule has 3 atom stereocenters. The summed E-state index contributed by atoms with van der Waals surface area (Å²) in [7, 11) is -3.64. The fourth-order valence-corrected chi connectivity index (χ4v) is 4.15. The molecule has 1 saturated carbocycles. The molecule has 0 aromatic rings. The van der Waals surface area contributed by atoms with Crippen LogP contribution in [0.1, 0.15) is 45.4 Å². The lowest BCUT2D eigenvalue weighted by atomic mass is 9.86. The van der Waals surface area contributed by atoms with Crippen molar-refractivity contribution >= 4 is 16.1 Å². The molecule has 4 N–H and O–H groups in total. The van der Waals surface area contributed by atoms with E-state index < -0.39 is 10.2 Å². The lowest BCUT2D eigenvalue weighted by Crippen LogP contribution is -2.49. The molecule has 2 rings (SSSR count). The molecule has 0 radical (unpaired) electrons. The molecular formula is C15H30N4O3S. The summed E-state index contributed by atoms with van der Waals surface area (Å²) in [6.45, 7) is 4.57. The highest BCUT2D eigenvalue weighted by molar-refractivity contribution is 7.87. The van der Waals surface area contributed by atoms with Crippen LogP contribution in [0.25, 0.3) is 0 Å². The number of nitrogens with zero attached hydrogens (tertiary/aromatic N) is 1. The van der Waals surface area contributed by atoms with Crippen LogP contribution in [-0.2, 0) is 15.0 Å². The van der Waals surface area contributed by atoms with Gasteiger partial charge in [-0.15, -0.1) is 0 Å². The van der Waals surface area contributed by atoms with Gasteiger partial charge in [-0.25, -0.2) is 9.86 Å². The third kappa shape index (κ3) is 6.74. The second-order valence-electron chi connectivity index (χ2n) is 7.07. The maximum absolute atomic E-state index is 12.3. The highest BCUT2D eigenvalue weighted by atomic mass is 32.2. The van der Waals surface area contributed by atoms with Crippen molar-refractivity contribution in [3.05, 3.63) is 0 Å². The minimum atomic E-state index is -3.64. The normalized spacial score (nSPS) is 30.1. The van der Waals surface area contributed by atoms with Crippen molar-refractivity contribution < 1.29 is 13.2 Å². The van der Waals surface area contributed by atoms with Crippen molar-refractivity contribution in [1.82, 2.24) is 14.9 Å². The van der Waals surface area contributed by atoms with E-state index >= 15 is 0 Å². The minimum Gasteiger partial charge on any atom is -0.352 e. The Balaban J connectivity index is 1.74. The molecule has 1 amide bonds. The summed E-state index contributed by atoms with van der Waals surface area (Å²) in [4.78, 5) is 14.4. The fourth-order valence-electron chi connectivity index (χ4n) is 3.68. The first-order valence-corrected chi connectivity index (χ1v) is 10.2. The average Bonchev–Trinajstić information content (AvgIpc) is 2.47. The second-order valence-corrected chi connectivity index (χ2v) is 8.45.